The van der Waals surface area contributed by atoms with E-state index in [2.05, 4.69) is 9.71 Å². The van der Waals surface area contributed by atoms with Gasteiger partial charge in [0.15, 0.2) is 0 Å². The van der Waals surface area contributed by atoms with E-state index < -0.39 is 10.9 Å². The zero-order valence-corrected chi connectivity index (χ0v) is 6.97. The topological polar surface area (TPSA) is 59.1 Å². The van der Waals surface area contributed by atoms with E-state index in [-0.39, 0.29) is 0 Å². The van der Waals surface area contributed by atoms with Crippen LogP contribution in [-0.2, 0) is 10.9 Å². The summed E-state index contributed by atoms with van der Waals surface area (Å²) in [5.41, 5.74) is 0.297. The van der Waals surface area contributed by atoms with Crippen LogP contribution in [0.5, 0.6) is 0 Å². The second kappa shape index (κ2) is 3.54. The van der Waals surface area contributed by atoms with Crippen LogP contribution >= 0.6 is 11.6 Å². The molecule has 0 spiro atoms. The molecule has 0 aromatic carbocycles. The minimum Gasteiger partial charge on any atom is -0.283 e. The van der Waals surface area contributed by atoms with Crippen LogP contribution in [0.15, 0.2) is 18.5 Å². The Morgan fingerprint density at radius 1 is 1.55 bits per heavy atom. The third kappa shape index (κ3) is 2.36. The Hall–Kier alpha value is -0.810. The molecule has 6 heteroatoms. The number of rotatable bonds is 2. The smallest absolute Gasteiger partial charge is 0.222 e. The molecule has 0 atom stereocenters. The van der Waals surface area contributed by atoms with Crippen LogP contribution in [0.3, 0.4) is 0 Å². The van der Waals surface area contributed by atoms with Gasteiger partial charge in [0.05, 0.1) is 16.9 Å². The fourth-order valence-corrected chi connectivity index (χ4v) is 1.15. The standard InChI is InChI=1S/C5H5ClN2O2S/c6-4-1-2-7-3-5(4)8-11(9)10/h1-3,11H,(H,8,9,10). The highest BCUT2D eigenvalue weighted by Crippen LogP contribution is 2.18. The molecule has 60 valence electrons. The van der Waals surface area contributed by atoms with Crippen LogP contribution in [0, 0.1) is 0 Å². The first-order valence-corrected chi connectivity index (χ1v) is 4.26. The summed E-state index contributed by atoms with van der Waals surface area (Å²) in [4.78, 5) is 3.68. The number of anilines is 1. The zero-order chi connectivity index (χ0) is 8.27. The lowest BCUT2D eigenvalue weighted by atomic mass is 10.4. The van der Waals surface area contributed by atoms with Gasteiger partial charge in [-0.15, -0.1) is 0 Å². The Morgan fingerprint density at radius 2 is 2.27 bits per heavy atom. The van der Waals surface area contributed by atoms with Crippen molar-refractivity contribution in [2.24, 2.45) is 0 Å². The molecule has 0 fully saturated rings. The van der Waals surface area contributed by atoms with E-state index in [0.717, 1.165) is 0 Å². The molecular formula is C5H5ClN2O2S. The predicted molar refractivity (Wildman–Crippen MR) is 43.2 cm³/mol. The Bertz CT molecular complexity index is 318. The highest BCUT2D eigenvalue weighted by molar-refractivity contribution is 7.73. The van der Waals surface area contributed by atoms with Crippen molar-refractivity contribution >= 4 is 28.2 Å². The van der Waals surface area contributed by atoms with E-state index in [1.807, 2.05) is 0 Å². The first-order valence-electron chi connectivity index (χ1n) is 2.70. The van der Waals surface area contributed by atoms with E-state index in [9.17, 15) is 8.42 Å². The zero-order valence-electron chi connectivity index (χ0n) is 5.32. The molecule has 4 nitrogen and oxygen atoms in total. The van der Waals surface area contributed by atoms with Crippen molar-refractivity contribution in [2.75, 3.05) is 4.72 Å². The highest BCUT2D eigenvalue weighted by atomic mass is 35.5. The molecule has 0 amide bonds. The first-order chi connectivity index (χ1) is 5.20. The number of nitrogens with zero attached hydrogens (tertiary/aromatic N) is 1. The monoisotopic (exact) mass is 192 g/mol. The van der Waals surface area contributed by atoms with E-state index in [4.69, 9.17) is 11.6 Å². The van der Waals surface area contributed by atoms with Crippen molar-refractivity contribution in [2.45, 2.75) is 0 Å². The van der Waals surface area contributed by atoms with Gasteiger partial charge in [-0.3, -0.25) is 9.71 Å². The molecule has 11 heavy (non-hydrogen) atoms. The average molecular weight is 193 g/mol. The van der Waals surface area contributed by atoms with Gasteiger partial charge in [-0.1, -0.05) is 11.6 Å². The summed E-state index contributed by atoms with van der Waals surface area (Å²) in [6.07, 6.45) is 2.82. The summed E-state index contributed by atoms with van der Waals surface area (Å²) in [5, 5.41) is 0.333. The van der Waals surface area contributed by atoms with Crippen molar-refractivity contribution in [3.63, 3.8) is 0 Å². The summed E-state index contributed by atoms with van der Waals surface area (Å²) in [7, 11) is -2.67. The van der Waals surface area contributed by atoms with Crippen LogP contribution in [0.25, 0.3) is 0 Å². The predicted octanol–water partition coefficient (Wildman–Crippen LogP) is 0.673. The van der Waals surface area contributed by atoms with Crippen molar-refractivity contribution < 1.29 is 8.42 Å². The Morgan fingerprint density at radius 3 is 2.82 bits per heavy atom. The maximum Gasteiger partial charge on any atom is 0.222 e. The van der Waals surface area contributed by atoms with Crippen molar-refractivity contribution in [3.05, 3.63) is 23.5 Å². The molecule has 1 aromatic heterocycles. The molecule has 1 N–H and O–H groups in total. The molecule has 0 saturated carbocycles. The van der Waals surface area contributed by atoms with Crippen molar-refractivity contribution in [1.29, 1.82) is 0 Å². The fraction of sp³-hybridized carbons (Fsp3) is 0. The second-order valence-electron chi connectivity index (χ2n) is 1.72. The number of halogens is 1. The maximum atomic E-state index is 10.2. The minimum absolute atomic E-state index is 0.297. The normalized spacial score (nSPS) is 10.0. The lowest BCUT2D eigenvalue weighted by molar-refractivity contribution is 0.619. The fourth-order valence-electron chi connectivity index (χ4n) is 0.558. The minimum atomic E-state index is -2.67. The average Bonchev–Trinajstić information content (AvgIpc) is 1.93. The quantitative estimate of drug-likeness (QED) is 0.678. The van der Waals surface area contributed by atoms with Gasteiger partial charge >= 0.3 is 0 Å². The largest absolute Gasteiger partial charge is 0.283 e. The van der Waals surface area contributed by atoms with Crippen LogP contribution in [-0.4, -0.2) is 13.4 Å². The molecule has 0 unspecified atom stereocenters. The number of nitrogens with one attached hydrogen (secondary N) is 1. The lowest BCUT2D eigenvalue weighted by Crippen LogP contribution is -1.95. The van der Waals surface area contributed by atoms with Crippen molar-refractivity contribution in [3.8, 4) is 0 Å². The van der Waals surface area contributed by atoms with E-state index in [0.29, 0.717) is 10.7 Å². The molecule has 0 radical (unpaired) electrons. The number of pyridine rings is 1. The molecule has 1 rings (SSSR count). The summed E-state index contributed by atoms with van der Waals surface area (Å²) < 4.78 is 22.5. The first kappa shape index (κ1) is 8.29. The van der Waals surface area contributed by atoms with Gasteiger partial charge in [-0.05, 0) is 6.07 Å². The molecule has 0 bridgehead atoms. The van der Waals surface area contributed by atoms with E-state index >= 15 is 0 Å². The molecule has 1 heterocycles. The SMILES string of the molecule is O=[SH](=O)Nc1cnccc1Cl. The molecular weight excluding hydrogens is 188 g/mol. The maximum absolute atomic E-state index is 10.2. The van der Waals surface area contributed by atoms with Gasteiger partial charge < -0.3 is 0 Å². The third-order valence-electron chi connectivity index (χ3n) is 0.980. The Labute approximate surface area is 70.3 Å². The number of thiol groups is 1. The summed E-state index contributed by atoms with van der Waals surface area (Å²) in [6, 6.07) is 1.50. The highest BCUT2D eigenvalue weighted by Gasteiger charge is 1.97. The number of hydrogen-bond acceptors (Lipinski definition) is 3. The molecule has 0 saturated heterocycles. The number of hydrogen-bond donors (Lipinski definition) is 2. The van der Waals surface area contributed by atoms with Crippen LogP contribution in [0.1, 0.15) is 0 Å². The van der Waals surface area contributed by atoms with Gasteiger partial charge in [-0.2, -0.15) is 0 Å². The molecule has 0 aliphatic rings. The summed E-state index contributed by atoms with van der Waals surface area (Å²) in [6.45, 7) is 0. The molecule has 0 aliphatic heterocycles. The van der Waals surface area contributed by atoms with E-state index in [1.165, 1.54) is 18.5 Å². The van der Waals surface area contributed by atoms with Gasteiger partial charge in [0, 0.05) is 6.20 Å². The molecule has 1 aromatic rings. The second-order valence-corrected chi connectivity index (χ2v) is 2.87. The number of aromatic nitrogens is 1. The van der Waals surface area contributed by atoms with Gasteiger partial charge in [0.2, 0.25) is 10.9 Å². The van der Waals surface area contributed by atoms with Crippen LogP contribution < -0.4 is 4.72 Å². The molecule has 0 aliphatic carbocycles. The summed E-state index contributed by atoms with van der Waals surface area (Å²) >= 11 is 5.60. The van der Waals surface area contributed by atoms with E-state index in [1.54, 1.807) is 0 Å². The van der Waals surface area contributed by atoms with Gasteiger partial charge in [-0.25, -0.2) is 8.42 Å². The third-order valence-corrected chi connectivity index (χ3v) is 1.73. The lowest BCUT2D eigenvalue weighted by Gasteiger charge is -1.98. The van der Waals surface area contributed by atoms with Crippen molar-refractivity contribution in [1.82, 2.24) is 4.98 Å². The van der Waals surface area contributed by atoms with Crippen LogP contribution in [0.4, 0.5) is 5.69 Å². The van der Waals surface area contributed by atoms with Gasteiger partial charge in [0.1, 0.15) is 0 Å². The van der Waals surface area contributed by atoms with Gasteiger partial charge in [0.25, 0.3) is 0 Å². The Kier molecular flexibility index (Phi) is 2.67. The Balaban J connectivity index is 2.94. The summed E-state index contributed by atoms with van der Waals surface area (Å²) in [5.74, 6) is 0. The van der Waals surface area contributed by atoms with Crippen LogP contribution in [0.2, 0.25) is 5.02 Å².